The first-order chi connectivity index (χ1) is 7.27. The summed E-state index contributed by atoms with van der Waals surface area (Å²) in [6, 6.07) is 10.7. The average Bonchev–Trinajstić information content (AvgIpc) is 2.54. The van der Waals surface area contributed by atoms with Crippen LogP contribution >= 0.6 is 0 Å². The predicted octanol–water partition coefficient (Wildman–Crippen LogP) is 1.62. The zero-order valence-corrected chi connectivity index (χ0v) is 9.01. The zero-order valence-electron chi connectivity index (χ0n) is 9.01. The molecule has 1 aliphatic rings. The van der Waals surface area contributed by atoms with Crippen molar-refractivity contribution in [2.75, 3.05) is 0 Å². The highest BCUT2D eigenvalue weighted by atomic mass is 15.3. The Hall–Kier alpha value is -1.70. The lowest BCUT2D eigenvalue weighted by Crippen LogP contribution is -2.49. The Labute approximate surface area is 89.4 Å². The Morgan fingerprint density at radius 2 is 1.80 bits per heavy atom. The van der Waals surface area contributed by atoms with Crippen LogP contribution in [0.2, 0.25) is 0 Å². The van der Waals surface area contributed by atoms with Crippen LogP contribution in [0.5, 0.6) is 0 Å². The van der Waals surface area contributed by atoms with E-state index in [-0.39, 0.29) is 0 Å². The van der Waals surface area contributed by atoms with Crippen molar-refractivity contribution in [1.82, 2.24) is 0 Å². The molecule has 0 amide bonds. The van der Waals surface area contributed by atoms with Crippen molar-refractivity contribution < 1.29 is 9.13 Å². The van der Waals surface area contributed by atoms with Gasteiger partial charge in [-0.1, -0.05) is 0 Å². The van der Waals surface area contributed by atoms with Crippen LogP contribution in [0.15, 0.2) is 42.7 Å². The maximum atomic E-state index is 2.32. The van der Waals surface area contributed by atoms with E-state index in [0.717, 1.165) is 0 Å². The summed E-state index contributed by atoms with van der Waals surface area (Å²) in [6.45, 7) is 4.35. The van der Waals surface area contributed by atoms with E-state index in [1.54, 1.807) is 0 Å². The van der Waals surface area contributed by atoms with Gasteiger partial charge in [-0.15, -0.1) is 9.13 Å². The molecule has 0 saturated heterocycles. The summed E-state index contributed by atoms with van der Waals surface area (Å²) >= 11 is 0. The highest BCUT2D eigenvalue weighted by Gasteiger charge is 2.39. The molecule has 0 saturated carbocycles. The van der Waals surface area contributed by atoms with Gasteiger partial charge in [0.1, 0.15) is 0 Å². The zero-order chi connectivity index (χ0) is 10.4. The quantitative estimate of drug-likeness (QED) is 0.568. The number of pyridine rings is 2. The molecule has 3 rings (SSSR count). The van der Waals surface area contributed by atoms with E-state index in [1.807, 2.05) is 0 Å². The van der Waals surface area contributed by atoms with E-state index < -0.39 is 0 Å². The molecule has 0 aromatic carbocycles. The number of hydrogen-bond acceptors (Lipinski definition) is 0. The molecule has 2 heteroatoms. The van der Waals surface area contributed by atoms with Gasteiger partial charge in [0.25, 0.3) is 11.4 Å². The number of rotatable bonds is 0. The second kappa shape index (κ2) is 2.89. The third kappa shape index (κ3) is 1.11. The van der Waals surface area contributed by atoms with E-state index in [1.165, 1.54) is 17.0 Å². The van der Waals surface area contributed by atoms with E-state index in [0.29, 0.717) is 6.17 Å². The maximum absolute atomic E-state index is 2.32. The lowest BCUT2D eigenvalue weighted by Gasteiger charge is -1.95. The minimum absolute atomic E-state index is 0.385. The molecule has 74 valence electrons. The van der Waals surface area contributed by atoms with Crippen LogP contribution in [0.4, 0.5) is 0 Å². The van der Waals surface area contributed by atoms with Crippen molar-refractivity contribution in [3.8, 4) is 11.4 Å². The van der Waals surface area contributed by atoms with Crippen molar-refractivity contribution in [3.63, 3.8) is 0 Å². The largest absolute Gasteiger partial charge is 0.350 e. The Morgan fingerprint density at radius 1 is 1.00 bits per heavy atom. The van der Waals surface area contributed by atoms with Crippen molar-refractivity contribution in [1.29, 1.82) is 0 Å². The first-order valence-electron chi connectivity index (χ1n) is 5.30. The number of hydrogen-bond donors (Lipinski definition) is 0. The summed E-state index contributed by atoms with van der Waals surface area (Å²) in [4.78, 5) is 0. The van der Waals surface area contributed by atoms with Gasteiger partial charge < -0.3 is 0 Å². The van der Waals surface area contributed by atoms with E-state index >= 15 is 0 Å². The van der Waals surface area contributed by atoms with E-state index in [2.05, 4.69) is 65.7 Å². The summed E-state index contributed by atoms with van der Waals surface area (Å²) in [6.07, 6.45) is 4.74. The number of aryl methyl sites for hydroxylation is 1. The van der Waals surface area contributed by atoms with E-state index in [4.69, 9.17) is 0 Å². The fourth-order valence-electron chi connectivity index (χ4n) is 2.29. The second-order valence-electron chi connectivity index (χ2n) is 4.12. The lowest BCUT2D eigenvalue weighted by atomic mass is 10.2. The third-order valence-corrected chi connectivity index (χ3v) is 3.08. The Morgan fingerprint density at radius 3 is 2.67 bits per heavy atom. The standard InChI is InChI=1S/C13H14N2/c1-10-6-7-13-12-5-3-4-8-14(12)11(2)15(13)9-10/h3-9,11H,1-2H3/q+2/t11-/m0/s1. The predicted molar refractivity (Wildman–Crippen MR) is 57.1 cm³/mol. The smallest absolute Gasteiger partial charge is 0.131 e. The molecule has 0 spiro atoms. The number of fused-ring (bicyclic) bond motifs is 3. The Kier molecular flexibility index (Phi) is 1.66. The van der Waals surface area contributed by atoms with Gasteiger partial charge in [0.15, 0.2) is 12.4 Å². The van der Waals surface area contributed by atoms with Gasteiger partial charge in [-0.3, -0.25) is 0 Å². The molecule has 2 aromatic heterocycles. The fraction of sp³-hybridized carbons (Fsp3) is 0.231. The monoisotopic (exact) mass is 198 g/mol. The van der Waals surface area contributed by atoms with Gasteiger partial charge in [0, 0.05) is 23.8 Å². The SMILES string of the molecule is Cc1ccc2[n+](c1)[C@@H](C)[n+]1ccccc1-2. The molecule has 2 nitrogen and oxygen atoms in total. The van der Waals surface area contributed by atoms with Gasteiger partial charge in [-0.2, -0.15) is 0 Å². The Balaban J connectivity index is 2.32. The van der Waals surface area contributed by atoms with Crippen LogP contribution in [0.25, 0.3) is 11.4 Å². The molecule has 0 fully saturated rings. The average molecular weight is 198 g/mol. The molecule has 0 unspecified atom stereocenters. The maximum Gasteiger partial charge on any atom is 0.350 e. The topological polar surface area (TPSA) is 7.76 Å². The highest BCUT2D eigenvalue weighted by Crippen LogP contribution is 2.18. The molecule has 2 aromatic rings. The van der Waals surface area contributed by atoms with Crippen LogP contribution in [-0.2, 0) is 0 Å². The molecular weight excluding hydrogens is 184 g/mol. The van der Waals surface area contributed by atoms with E-state index in [9.17, 15) is 0 Å². The van der Waals surface area contributed by atoms with Crippen molar-refractivity contribution in [2.45, 2.75) is 20.0 Å². The van der Waals surface area contributed by atoms with Crippen molar-refractivity contribution >= 4 is 0 Å². The second-order valence-corrected chi connectivity index (χ2v) is 4.12. The van der Waals surface area contributed by atoms with Crippen LogP contribution < -0.4 is 9.13 Å². The van der Waals surface area contributed by atoms with Crippen LogP contribution in [-0.4, -0.2) is 0 Å². The lowest BCUT2D eigenvalue weighted by molar-refractivity contribution is -0.906. The molecule has 0 radical (unpaired) electrons. The minimum Gasteiger partial charge on any atom is -0.131 e. The van der Waals surface area contributed by atoms with Gasteiger partial charge >= 0.3 is 6.17 Å². The van der Waals surface area contributed by atoms with Gasteiger partial charge in [-0.05, 0) is 19.1 Å². The molecule has 0 aliphatic carbocycles. The molecule has 1 aliphatic heterocycles. The summed E-state index contributed by atoms with van der Waals surface area (Å²) < 4.78 is 4.62. The van der Waals surface area contributed by atoms with Crippen LogP contribution in [0.1, 0.15) is 18.7 Å². The van der Waals surface area contributed by atoms with Crippen LogP contribution in [0, 0.1) is 6.92 Å². The van der Waals surface area contributed by atoms with Crippen LogP contribution in [0.3, 0.4) is 0 Å². The minimum atomic E-state index is 0.385. The molecule has 0 bridgehead atoms. The highest BCUT2D eigenvalue weighted by molar-refractivity contribution is 5.47. The summed E-state index contributed by atoms with van der Waals surface area (Å²) in [7, 11) is 0. The number of aromatic nitrogens is 2. The first kappa shape index (κ1) is 8.60. The van der Waals surface area contributed by atoms with Gasteiger partial charge in [0.2, 0.25) is 0 Å². The Bertz CT molecular complexity index is 532. The van der Waals surface area contributed by atoms with Crippen molar-refractivity contribution in [2.24, 2.45) is 0 Å². The molecule has 1 atom stereocenters. The number of nitrogens with zero attached hydrogens (tertiary/aromatic N) is 2. The normalized spacial score (nSPS) is 17.3. The first-order valence-corrected chi connectivity index (χ1v) is 5.30. The molecule has 0 N–H and O–H groups in total. The van der Waals surface area contributed by atoms with Gasteiger partial charge in [-0.25, -0.2) is 0 Å². The van der Waals surface area contributed by atoms with Crippen molar-refractivity contribution in [3.05, 3.63) is 48.3 Å². The summed E-state index contributed by atoms with van der Waals surface area (Å²) in [5.41, 5.74) is 3.90. The summed E-state index contributed by atoms with van der Waals surface area (Å²) in [5.74, 6) is 0. The molecule has 15 heavy (non-hydrogen) atoms. The fourth-order valence-corrected chi connectivity index (χ4v) is 2.29. The van der Waals surface area contributed by atoms with Gasteiger partial charge in [0.05, 0.1) is 6.92 Å². The third-order valence-electron chi connectivity index (χ3n) is 3.08. The summed E-state index contributed by atoms with van der Waals surface area (Å²) in [5, 5.41) is 0. The molecular formula is C13H14N2+2. The molecule has 3 heterocycles.